The monoisotopic (exact) mass is 275 g/mol. The predicted molar refractivity (Wildman–Crippen MR) is 85.1 cm³/mol. The van der Waals surface area contributed by atoms with Crippen molar-refractivity contribution in [2.24, 2.45) is 11.8 Å². The van der Waals surface area contributed by atoms with Crippen molar-refractivity contribution in [1.29, 1.82) is 0 Å². The van der Waals surface area contributed by atoms with Crippen LogP contribution < -0.4 is 5.32 Å². The summed E-state index contributed by atoms with van der Waals surface area (Å²) in [5.41, 5.74) is 2.19. The summed E-state index contributed by atoms with van der Waals surface area (Å²) in [7, 11) is 0. The number of hydrogen-bond donors (Lipinski definition) is 1. The summed E-state index contributed by atoms with van der Waals surface area (Å²) in [4.78, 5) is 9.14. The molecule has 112 valence electrons. The standard InChI is InChI=1S/C17H29N3/c1-5-14-6-8-15(9-7-14)11-18-17-19-13(4)10-16(20-17)12(2)3/h10,12,14-15H,5-9,11H2,1-4H3,(H,18,19,20). The van der Waals surface area contributed by atoms with Gasteiger partial charge in [-0.2, -0.15) is 0 Å². The lowest BCUT2D eigenvalue weighted by Gasteiger charge is -2.27. The van der Waals surface area contributed by atoms with E-state index >= 15 is 0 Å². The topological polar surface area (TPSA) is 37.8 Å². The maximum atomic E-state index is 4.63. The van der Waals surface area contributed by atoms with Crippen molar-refractivity contribution in [2.45, 2.75) is 65.7 Å². The van der Waals surface area contributed by atoms with Crippen molar-refractivity contribution in [1.82, 2.24) is 9.97 Å². The van der Waals surface area contributed by atoms with Gasteiger partial charge in [0, 0.05) is 17.9 Å². The van der Waals surface area contributed by atoms with E-state index in [1.807, 2.05) is 6.92 Å². The molecule has 0 aliphatic heterocycles. The highest BCUT2D eigenvalue weighted by molar-refractivity contribution is 5.29. The Bertz CT molecular complexity index is 420. The van der Waals surface area contributed by atoms with Crippen LogP contribution in [0, 0.1) is 18.8 Å². The van der Waals surface area contributed by atoms with Gasteiger partial charge in [0.2, 0.25) is 5.95 Å². The zero-order valence-electron chi connectivity index (χ0n) is 13.4. The van der Waals surface area contributed by atoms with E-state index in [9.17, 15) is 0 Å². The first kappa shape index (κ1) is 15.3. The van der Waals surface area contributed by atoms with E-state index in [-0.39, 0.29) is 0 Å². The summed E-state index contributed by atoms with van der Waals surface area (Å²) in [6, 6.07) is 2.09. The van der Waals surface area contributed by atoms with E-state index in [0.29, 0.717) is 5.92 Å². The van der Waals surface area contributed by atoms with Crippen LogP contribution in [0.1, 0.15) is 70.2 Å². The molecule has 1 N–H and O–H groups in total. The molecule has 1 fully saturated rings. The van der Waals surface area contributed by atoms with Crippen LogP contribution in [-0.2, 0) is 0 Å². The van der Waals surface area contributed by atoms with Gasteiger partial charge >= 0.3 is 0 Å². The third-order valence-corrected chi connectivity index (χ3v) is 4.56. The summed E-state index contributed by atoms with van der Waals surface area (Å²) in [5.74, 6) is 3.03. The number of nitrogens with zero attached hydrogens (tertiary/aromatic N) is 2. The first-order chi connectivity index (χ1) is 9.58. The lowest BCUT2D eigenvalue weighted by Crippen LogP contribution is -2.22. The second-order valence-corrected chi connectivity index (χ2v) is 6.59. The summed E-state index contributed by atoms with van der Waals surface area (Å²) in [5, 5.41) is 3.46. The molecule has 0 bridgehead atoms. The SMILES string of the molecule is CCC1CCC(CNc2nc(C)cc(C(C)C)n2)CC1. The van der Waals surface area contributed by atoms with E-state index in [1.165, 1.54) is 32.1 Å². The Morgan fingerprint density at radius 1 is 1.15 bits per heavy atom. The average Bonchev–Trinajstić information content (AvgIpc) is 2.45. The molecule has 0 radical (unpaired) electrons. The third-order valence-electron chi connectivity index (χ3n) is 4.56. The summed E-state index contributed by atoms with van der Waals surface area (Å²) < 4.78 is 0. The fraction of sp³-hybridized carbons (Fsp3) is 0.765. The van der Waals surface area contributed by atoms with Crippen molar-refractivity contribution < 1.29 is 0 Å². The Morgan fingerprint density at radius 2 is 1.80 bits per heavy atom. The fourth-order valence-corrected chi connectivity index (χ4v) is 3.05. The van der Waals surface area contributed by atoms with Crippen molar-refractivity contribution in [2.75, 3.05) is 11.9 Å². The normalized spacial score (nSPS) is 23.1. The molecule has 3 nitrogen and oxygen atoms in total. The van der Waals surface area contributed by atoms with E-state index in [4.69, 9.17) is 0 Å². The number of rotatable bonds is 5. The van der Waals surface area contributed by atoms with Crippen LogP contribution in [0.3, 0.4) is 0 Å². The summed E-state index contributed by atoms with van der Waals surface area (Å²) in [6.07, 6.45) is 6.85. The van der Waals surface area contributed by atoms with Gasteiger partial charge in [-0.15, -0.1) is 0 Å². The van der Waals surface area contributed by atoms with E-state index < -0.39 is 0 Å². The van der Waals surface area contributed by atoms with Crippen LogP contribution in [0.4, 0.5) is 5.95 Å². The van der Waals surface area contributed by atoms with Gasteiger partial charge in [0.25, 0.3) is 0 Å². The Labute approximate surface area is 123 Å². The second kappa shape index (κ2) is 7.05. The largest absolute Gasteiger partial charge is 0.354 e. The Balaban J connectivity index is 1.88. The van der Waals surface area contributed by atoms with E-state index in [1.54, 1.807) is 0 Å². The molecule has 1 heterocycles. The highest BCUT2D eigenvalue weighted by atomic mass is 15.1. The van der Waals surface area contributed by atoms with Gasteiger partial charge in [0.1, 0.15) is 0 Å². The lowest BCUT2D eigenvalue weighted by molar-refractivity contribution is 0.278. The number of nitrogens with one attached hydrogen (secondary N) is 1. The minimum Gasteiger partial charge on any atom is -0.354 e. The molecule has 1 aromatic heterocycles. The molecule has 0 unspecified atom stereocenters. The van der Waals surface area contributed by atoms with Gasteiger partial charge in [-0.3, -0.25) is 0 Å². The molecule has 1 saturated carbocycles. The van der Waals surface area contributed by atoms with Gasteiger partial charge in [0.05, 0.1) is 0 Å². The fourth-order valence-electron chi connectivity index (χ4n) is 3.05. The van der Waals surface area contributed by atoms with Crippen molar-refractivity contribution in [3.63, 3.8) is 0 Å². The van der Waals surface area contributed by atoms with Gasteiger partial charge < -0.3 is 5.32 Å². The summed E-state index contributed by atoms with van der Waals surface area (Å²) in [6.45, 7) is 9.75. The number of hydrogen-bond acceptors (Lipinski definition) is 3. The van der Waals surface area contributed by atoms with Gasteiger partial charge in [-0.1, -0.05) is 40.0 Å². The number of aryl methyl sites for hydroxylation is 1. The molecule has 0 saturated heterocycles. The molecule has 1 aliphatic rings. The van der Waals surface area contributed by atoms with Crippen LogP contribution in [-0.4, -0.2) is 16.5 Å². The van der Waals surface area contributed by atoms with Crippen LogP contribution in [0.2, 0.25) is 0 Å². The molecule has 0 atom stereocenters. The second-order valence-electron chi connectivity index (χ2n) is 6.59. The average molecular weight is 275 g/mol. The molecule has 2 rings (SSSR count). The lowest BCUT2D eigenvalue weighted by atomic mass is 9.81. The molecule has 1 aromatic rings. The quantitative estimate of drug-likeness (QED) is 0.857. The van der Waals surface area contributed by atoms with Crippen LogP contribution in [0.25, 0.3) is 0 Å². The molecule has 0 spiro atoms. The van der Waals surface area contributed by atoms with Gasteiger partial charge in [-0.05, 0) is 43.6 Å². The Morgan fingerprint density at radius 3 is 2.40 bits per heavy atom. The molecular formula is C17H29N3. The zero-order valence-corrected chi connectivity index (χ0v) is 13.4. The van der Waals surface area contributed by atoms with Crippen LogP contribution in [0.15, 0.2) is 6.07 Å². The number of anilines is 1. The van der Waals surface area contributed by atoms with Gasteiger partial charge in [0.15, 0.2) is 0 Å². The molecule has 0 aromatic carbocycles. The highest BCUT2D eigenvalue weighted by Gasteiger charge is 2.20. The van der Waals surface area contributed by atoms with Crippen LogP contribution >= 0.6 is 0 Å². The van der Waals surface area contributed by atoms with Crippen molar-refractivity contribution in [3.05, 3.63) is 17.5 Å². The van der Waals surface area contributed by atoms with Gasteiger partial charge in [-0.25, -0.2) is 9.97 Å². The molecule has 20 heavy (non-hydrogen) atoms. The third kappa shape index (κ3) is 4.19. The Hall–Kier alpha value is -1.12. The zero-order chi connectivity index (χ0) is 14.5. The highest BCUT2D eigenvalue weighted by Crippen LogP contribution is 2.30. The van der Waals surface area contributed by atoms with Crippen molar-refractivity contribution in [3.8, 4) is 0 Å². The maximum absolute atomic E-state index is 4.63. The van der Waals surface area contributed by atoms with E-state index in [0.717, 1.165) is 35.7 Å². The summed E-state index contributed by atoms with van der Waals surface area (Å²) >= 11 is 0. The maximum Gasteiger partial charge on any atom is 0.223 e. The molecular weight excluding hydrogens is 246 g/mol. The predicted octanol–water partition coefficient (Wildman–Crippen LogP) is 4.54. The molecule has 1 aliphatic carbocycles. The van der Waals surface area contributed by atoms with Crippen molar-refractivity contribution >= 4 is 5.95 Å². The van der Waals surface area contributed by atoms with E-state index in [2.05, 4.69) is 42.1 Å². The molecule has 3 heteroatoms. The minimum atomic E-state index is 0.456. The van der Waals surface area contributed by atoms with Crippen LogP contribution in [0.5, 0.6) is 0 Å². The first-order valence-corrected chi connectivity index (χ1v) is 8.18. The Kier molecular flexibility index (Phi) is 5.38. The first-order valence-electron chi connectivity index (χ1n) is 8.18. The minimum absolute atomic E-state index is 0.456. The molecule has 0 amide bonds. The number of aromatic nitrogens is 2. The smallest absolute Gasteiger partial charge is 0.223 e.